The number of piperidine rings is 1. The second-order valence-electron chi connectivity index (χ2n) is 8.29. The Morgan fingerprint density at radius 1 is 1.23 bits per heavy atom. The molecule has 4 rings (SSSR count). The van der Waals surface area contributed by atoms with Crippen LogP contribution in [0.4, 0.5) is 5.69 Å². The first-order valence-corrected chi connectivity index (χ1v) is 9.85. The molecule has 1 amide bonds. The van der Waals surface area contributed by atoms with Gasteiger partial charge >= 0.3 is 0 Å². The fourth-order valence-electron chi connectivity index (χ4n) is 4.04. The summed E-state index contributed by atoms with van der Waals surface area (Å²) in [4.78, 5) is 14.5. The molecule has 3 aliphatic rings. The van der Waals surface area contributed by atoms with Gasteiger partial charge in [-0.2, -0.15) is 5.10 Å². The summed E-state index contributed by atoms with van der Waals surface area (Å²) in [5, 5.41) is 18.3. The Hall–Kier alpha value is -1.59. The fraction of sp³-hybridized carbons (Fsp3) is 0.600. The number of hydrazone groups is 1. The molecular formula is C20H26ClN3O2. The summed E-state index contributed by atoms with van der Waals surface area (Å²) in [6.45, 7) is 3.36. The number of carbonyl (C=O) groups excluding carboxylic acids is 1. The lowest BCUT2D eigenvalue weighted by Crippen LogP contribution is -2.50. The Balaban J connectivity index is 1.37. The summed E-state index contributed by atoms with van der Waals surface area (Å²) in [5.74, 6) is 0.270. The molecule has 26 heavy (non-hydrogen) atoms. The standard InChI is InChI=1S/C20H26ClN3O2/c1-19(7-8-19)18(25)23-12-9-20(26,10-13-23)14-17-6-11-22-24(17)16-4-2-15(21)3-5-16/h2-5,11,17,26H,6-10,12-14H2,1H3. The van der Waals surface area contributed by atoms with Crippen LogP contribution in [0.15, 0.2) is 29.4 Å². The van der Waals surface area contributed by atoms with Gasteiger partial charge in [0.15, 0.2) is 0 Å². The highest BCUT2D eigenvalue weighted by molar-refractivity contribution is 6.30. The van der Waals surface area contributed by atoms with Gasteiger partial charge in [-0.15, -0.1) is 0 Å². The molecule has 1 atom stereocenters. The van der Waals surface area contributed by atoms with Crippen molar-refractivity contribution in [2.24, 2.45) is 10.5 Å². The molecule has 1 N–H and O–H groups in total. The van der Waals surface area contributed by atoms with E-state index in [-0.39, 0.29) is 17.4 Å². The van der Waals surface area contributed by atoms with E-state index in [2.05, 4.69) is 12.0 Å². The number of carbonyl (C=O) groups is 1. The minimum atomic E-state index is -0.732. The smallest absolute Gasteiger partial charge is 0.228 e. The molecule has 1 aromatic rings. The molecule has 0 spiro atoms. The van der Waals surface area contributed by atoms with Crippen molar-refractivity contribution < 1.29 is 9.90 Å². The van der Waals surface area contributed by atoms with Crippen LogP contribution in [0.2, 0.25) is 5.02 Å². The normalized spacial score (nSPS) is 26.2. The molecular weight excluding hydrogens is 350 g/mol. The van der Waals surface area contributed by atoms with E-state index in [0.717, 1.165) is 24.9 Å². The minimum absolute atomic E-state index is 0.125. The van der Waals surface area contributed by atoms with Gasteiger partial charge in [0, 0.05) is 36.2 Å². The quantitative estimate of drug-likeness (QED) is 0.876. The number of nitrogens with zero attached hydrogens (tertiary/aromatic N) is 3. The number of anilines is 1. The third-order valence-corrected chi connectivity index (χ3v) is 6.39. The summed E-state index contributed by atoms with van der Waals surface area (Å²) in [6, 6.07) is 7.78. The second kappa shape index (κ2) is 6.54. The summed E-state index contributed by atoms with van der Waals surface area (Å²) in [7, 11) is 0. The summed E-state index contributed by atoms with van der Waals surface area (Å²) in [5.41, 5.74) is 0.135. The van der Waals surface area contributed by atoms with Gasteiger partial charge < -0.3 is 10.0 Å². The molecule has 2 heterocycles. The number of aliphatic hydroxyl groups is 1. The third-order valence-electron chi connectivity index (χ3n) is 6.13. The van der Waals surface area contributed by atoms with Gasteiger partial charge in [0.05, 0.1) is 17.3 Å². The van der Waals surface area contributed by atoms with Crippen molar-refractivity contribution in [2.75, 3.05) is 18.1 Å². The van der Waals surface area contributed by atoms with Crippen molar-refractivity contribution in [3.05, 3.63) is 29.3 Å². The topological polar surface area (TPSA) is 56.1 Å². The maximum Gasteiger partial charge on any atom is 0.228 e. The predicted molar refractivity (Wildman–Crippen MR) is 104 cm³/mol. The number of benzene rings is 1. The van der Waals surface area contributed by atoms with E-state index in [1.165, 1.54) is 0 Å². The van der Waals surface area contributed by atoms with Crippen LogP contribution >= 0.6 is 11.6 Å². The van der Waals surface area contributed by atoms with Crippen LogP contribution < -0.4 is 5.01 Å². The molecule has 5 nitrogen and oxygen atoms in total. The maximum absolute atomic E-state index is 12.5. The first kappa shape index (κ1) is 17.8. The number of hydrogen-bond acceptors (Lipinski definition) is 4. The van der Waals surface area contributed by atoms with Crippen molar-refractivity contribution in [3.8, 4) is 0 Å². The van der Waals surface area contributed by atoms with Crippen LogP contribution in [0.1, 0.15) is 45.4 Å². The average Bonchev–Trinajstić information content (AvgIpc) is 3.22. The van der Waals surface area contributed by atoms with Gasteiger partial charge in [0.1, 0.15) is 0 Å². The zero-order chi connectivity index (χ0) is 18.4. The highest BCUT2D eigenvalue weighted by Gasteiger charge is 2.48. The van der Waals surface area contributed by atoms with Gasteiger partial charge in [-0.25, -0.2) is 0 Å². The van der Waals surface area contributed by atoms with Gasteiger partial charge in [-0.3, -0.25) is 9.80 Å². The monoisotopic (exact) mass is 375 g/mol. The lowest BCUT2D eigenvalue weighted by atomic mass is 9.84. The van der Waals surface area contributed by atoms with E-state index in [4.69, 9.17) is 11.6 Å². The van der Waals surface area contributed by atoms with Crippen molar-refractivity contribution in [3.63, 3.8) is 0 Å². The van der Waals surface area contributed by atoms with E-state index in [9.17, 15) is 9.90 Å². The third kappa shape index (κ3) is 3.47. The first-order valence-electron chi connectivity index (χ1n) is 9.48. The number of hydrogen-bond donors (Lipinski definition) is 1. The summed E-state index contributed by atoms with van der Waals surface area (Å²) in [6.07, 6.45) is 6.68. The van der Waals surface area contributed by atoms with Crippen LogP contribution in [0.25, 0.3) is 0 Å². The Bertz CT molecular complexity index is 706. The molecule has 2 fully saturated rings. The molecule has 6 heteroatoms. The average molecular weight is 376 g/mol. The fourth-order valence-corrected chi connectivity index (χ4v) is 4.17. The summed E-state index contributed by atoms with van der Waals surface area (Å²) < 4.78 is 0. The largest absolute Gasteiger partial charge is 0.390 e. The van der Waals surface area contributed by atoms with E-state index in [0.29, 0.717) is 37.4 Å². The van der Waals surface area contributed by atoms with Crippen molar-refractivity contribution in [1.82, 2.24) is 4.90 Å². The molecule has 1 aliphatic carbocycles. The van der Waals surface area contributed by atoms with Crippen molar-refractivity contribution in [2.45, 2.75) is 57.1 Å². The summed E-state index contributed by atoms with van der Waals surface area (Å²) >= 11 is 5.98. The van der Waals surface area contributed by atoms with E-state index in [1.807, 2.05) is 40.4 Å². The number of likely N-dealkylation sites (tertiary alicyclic amines) is 1. The van der Waals surface area contributed by atoms with Gasteiger partial charge in [-0.05, 0) is 56.4 Å². The van der Waals surface area contributed by atoms with Gasteiger partial charge in [0.25, 0.3) is 0 Å². The van der Waals surface area contributed by atoms with E-state index >= 15 is 0 Å². The zero-order valence-electron chi connectivity index (χ0n) is 15.2. The van der Waals surface area contributed by atoms with Gasteiger partial charge in [0.2, 0.25) is 5.91 Å². The molecule has 1 saturated heterocycles. The van der Waals surface area contributed by atoms with Gasteiger partial charge in [-0.1, -0.05) is 18.5 Å². The molecule has 1 unspecified atom stereocenters. The maximum atomic E-state index is 12.5. The first-order chi connectivity index (χ1) is 12.4. The van der Waals surface area contributed by atoms with Crippen LogP contribution in [-0.2, 0) is 4.79 Å². The molecule has 0 aromatic heterocycles. The number of halogens is 1. The van der Waals surface area contributed by atoms with Crippen LogP contribution in [0.3, 0.4) is 0 Å². The Kier molecular flexibility index (Phi) is 4.48. The van der Waals surface area contributed by atoms with Crippen LogP contribution in [0, 0.1) is 5.41 Å². The highest BCUT2D eigenvalue weighted by Crippen LogP contribution is 2.47. The van der Waals surface area contributed by atoms with Crippen LogP contribution in [0.5, 0.6) is 0 Å². The van der Waals surface area contributed by atoms with E-state index < -0.39 is 5.60 Å². The lowest BCUT2D eigenvalue weighted by Gasteiger charge is -2.41. The Morgan fingerprint density at radius 2 is 1.88 bits per heavy atom. The van der Waals surface area contributed by atoms with Crippen LogP contribution in [-0.4, -0.2) is 46.9 Å². The molecule has 1 saturated carbocycles. The zero-order valence-corrected chi connectivity index (χ0v) is 16.0. The van der Waals surface area contributed by atoms with Crippen molar-refractivity contribution >= 4 is 29.4 Å². The molecule has 0 bridgehead atoms. The molecule has 1 aromatic carbocycles. The number of rotatable bonds is 4. The number of amides is 1. The Labute approximate surface area is 159 Å². The predicted octanol–water partition coefficient (Wildman–Crippen LogP) is 3.45. The van der Waals surface area contributed by atoms with Crippen molar-refractivity contribution in [1.29, 1.82) is 0 Å². The Morgan fingerprint density at radius 3 is 2.50 bits per heavy atom. The SMILES string of the molecule is CC1(C(=O)N2CCC(O)(CC3CC=NN3c3ccc(Cl)cc3)CC2)CC1. The molecule has 0 radical (unpaired) electrons. The van der Waals surface area contributed by atoms with E-state index in [1.54, 1.807) is 0 Å². The lowest BCUT2D eigenvalue weighted by molar-refractivity contribution is -0.140. The molecule has 2 aliphatic heterocycles. The highest BCUT2D eigenvalue weighted by atomic mass is 35.5. The molecule has 140 valence electrons. The second-order valence-corrected chi connectivity index (χ2v) is 8.73. The minimum Gasteiger partial charge on any atom is -0.390 e.